The summed E-state index contributed by atoms with van der Waals surface area (Å²) in [6.07, 6.45) is 4.97. The summed E-state index contributed by atoms with van der Waals surface area (Å²) in [5.41, 5.74) is 0.981. The topological polar surface area (TPSA) is 29.1 Å². The largest absolute Gasteiger partial charge is 0.330 e. The van der Waals surface area contributed by atoms with E-state index >= 15 is 0 Å². The number of rotatable bonds is 1. The zero-order chi connectivity index (χ0) is 6.69. The van der Waals surface area contributed by atoms with Crippen molar-refractivity contribution in [2.75, 3.05) is 0 Å². The lowest BCUT2D eigenvalue weighted by Crippen LogP contribution is -2.11. The normalized spacial score (nSPS) is 22.2. The van der Waals surface area contributed by atoms with E-state index in [1.807, 2.05) is 6.08 Å². The summed E-state index contributed by atoms with van der Waals surface area (Å²) in [4.78, 5) is 10.5. The second kappa shape index (κ2) is 2.49. The Kier molecular flexibility index (Phi) is 1.68. The highest BCUT2D eigenvalue weighted by molar-refractivity contribution is 5.81. The molecule has 0 bridgehead atoms. The molecule has 1 aliphatic rings. The lowest BCUT2D eigenvalue weighted by Gasteiger charge is -1.90. The molecule has 1 saturated heterocycles. The van der Waals surface area contributed by atoms with Crippen molar-refractivity contribution in [3.63, 3.8) is 0 Å². The van der Waals surface area contributed by atoms with Crippen molar-refractivity contribution >= 4 is 5.91 Å². The maximum Gasteiger partial charge on any atom is 0.224 e. The van der Waals surface area contributed by atoms with Gasteiger partial charge in [0.1, 0.15) is 0 Å². The second-order valence-electron chi connectivity index (χ2n) is 1.98. The molecule has 0 aromatic heterocycles. The first-order valence-electron chi connectivity index (χ1n) is 2.94. The van der Waals surface area contributed by atoms with E-state index in [0.717, 1.165) is 12.1 Å². The predicted molar refractivity (Wildman–Crippen MR) is 35.7 cm³/mol. The number of hydrogen-bond donors (Lipinski definition) is 1. The fourth-order valence-electron chi connectivity index (χ4n) is 0.820. The van der Waals surface area contributed by atoms with Gasteiger partial charge in [-0.3, -0.25) is 4.79 Å². The first-order valence-corrected chi connectivity index (χ1v) is 2.94. The lowest BCUT2D eigenvalue weighted by molar-refractivity contribution is -0.118. The number of carbonyl (C=O) groups is 1. The Hall–Kier alpha value is -1.05. The summed E-state index contributed by atoms with van der Waals surface area (Å²) >= 11 is 0. The van der Waals surface area contributed by atoms with E-state index in [0.29, 0.717) is 6.42 Å². The van der Waals surface area contributed by atoms with Crippen LogP contribution in [0.4, 0.5) is 0 Å². The van der Waals surface area contributed by atoms with Crippen molar-refractivity contribution < 1.29 is 4.79 Å². The number of carbonyl (C=O) groups excluding carboxylic acids is 1. The van der Waals surface area contributed by atoms with Crippen LogP contribution < -0.4 is 5.32 Å². The molecule has 2 nitrogen and oxygen atoms in total. The van der Waals surface area contributed by atoms with Crippen LogP contribution in [0, 0.1) is 0 Å². The molecular weight excluding hydrogens is 114 g/mol. The molecule has 0 spiro atoms. The first-order chi connectivity index (χ1) is 4.33. The van der Waals surface area contributed by atoms with E-state index in [4.69, 9.17) is 0 Å². The Morgan fingerprint density at radius 3 is 2.78 bits per heavy atom. The van der Waals surface area contributed by atoms with Crippen LogP contribution >= 0.6 is 0 Å². The van der Waals surface area contributed by atoms with Gasteiger partial charge in [-0.25, -0.2) is 0 Å². The highest BCUT2D eigenvalue weighted by atomic mass is 16.1. The summed E-state index contributed by atoms with van der Waals surface area (Å²) < 4.78 is 0. The molecule has 0 radical (unpaired) electrons. The zero-order valence-electron chi connectivity index (χ0n) is 5.18. The van der Waals surface area contributed by atoms with Gasteiger partial charge in [0.25, 0.3) is 0 Å². The summed E-state index contributed by atoms with van der Waals surface area (Å²) in [6.45, 7) is 3.52. The highest BCUT2D eigenvalue weighted by Crippen LogP contribution is 2.08. The smallest absolute Gasteiger partial charge is 0.224 e. The molecule has 0 aromatic rings. The molecule has 1 fully saturated rings. The molecule has 1 heterocycles. The third-order valence-electron chi connectivity index (χ3n) is 1.24. The number of nitrogens with one attached hydrogen (secondary N) is 1. The van der Waals surface area contributed by atoms with Gasteiger partial charge >= 0.3 is 0 Å². The minimum Gasteiger partial charge on any atom is -0.330 e. The summed E-state index contributed by atoms with van der Waals surface area (Å²) in [7, 11) is 0. The van der Waals surface area contributed by atoms with Gasteiger partial charge in [-0.1, -0.05) is 12.7 Å². The minimum atomic E-state index is 0.114. The van der Waals surface area contributed by atoms with Crippen molar-refractivity contribution in [2.24, 2.45) is 0 Å². The Balaban J connectivity index is 2.57. The average molecular weight is 123 g/mol. The van der Waals surface area contributed by atoms with Crippen LogP contribution in [0.3, 0.4) is 0 Å². The fraction of sp³-hybridized carbons (Fsp3) is 0.286. The maximum absolute atomic E-state index is 10.5. The Labute approximate surface area is 54.3 Å². The van der Waals surface area contributed by atoms with E-state index in [1.165, 1.54) is 0 Å². The predicted octanol–water partition coefficient (Wildman–Crippen LogP) is 0.966. The lowest BCUT2D eigenvalue weighted by atomic mass is 10.3. The van der Waals surface area contributed by atoms with Crippen molar-refractivity contribution in [2.45, 2.75) is 12.8 Å². The van der Waals surface area contributed by atoms with E-state index in [-0.39, 0.29) is 5.91 Å². The van der Waals surface area contributed by atoms with Crippen molar-refractivity contribution in [3.8, 4) is 0 Å². The van der Waals surface area contributed by atoms with Gasteiger partial charge in [0.15, 0.2) is 0 Å². The molecule has 0 unspecified atom stereocenters. The van der Waals surface area contributed by atoms with Crippen LogP contribution in [0.1, 0.15) is 12.8 Å². The monoisotopic (exact) mass is 123 g/mol. The molecule has 0 aliphatic carbocycles. The maximum atomic E-state index is 10.5. The van der Waals surface area contributed by atoms with E-state index in [9.17, 15) is 4.79 Å². The van der Waals surface area contributed by atoms with Crippen LogP contribution in [0.15, 0.2) is 24.4 Å². The molecule has 1 amide bonds. The summed E-state index contributed by atoms with van der Waals surface area (Å²) in [5, 5.41) is 2.71. The molecule has 48 valence electrons. The first kappa shape index (κ1) is 6.08. The van der Waals surface area contributed by atoms with Crippen LogP contribution in [0.25, 0.3) is 0 Å². The minimum absolute atomic E-state index is 0.114. The quantitative estimate of drug-likeness (QED) is 0.553. The Bertz CT molecular complexity index is 170. The summed E-state index contributed by atoms with van der Waals surface area (Å²) in [6, 6.07) is 0. The van der Waals surface area contributed by atoms with Crippen molar-refractivity contribution in [3.05, 3.63) is 24.4 Å². The fourth-order valence-corrected chi connectivity index (χ4v) is 0.820. The zero-order valence-corrected chi connectivity index (χ0v) is 5.18. The van der Waals surface area contributed by atoms with E-state index < -0.39 is 0 Å². The molecular formula is C7H9NO. The van der Waals surface area contributed by atoms with Gasteiger partial charge < -0.3 is 5.32 Å². The number of hydrogen-bond acceptors (Lipinski definition) is 1. The molecule has 9 heavy (non-hydrogen) atoms. The highest BCUT2D eigenvalue weighted by Gasteiger charge is 2.12. The van der Waals surface area contributed by atoms with Crippen LogP contribution in [-0.4, -0.2) is 5.91 Å². The van der Waals surface area contributed by atoms with Gasteiger partial charge in [-0.05, 0) is 12.5 Å². The SMILES string of the molecule is C=C/C=C1\CCC(=O)N1. The molecule has 0 atom stereocenters. The van der Waals surface area contributed by atoms with E-state index in [1.54, 1.807) is 6.08 Å². The molecule has 0 saturated carbocycles. The van der Waals surface area contributed by atoms with Gasteiger partial charge in [0, 0.05) is 12.1 Å². The molecule has 1 aliphatic heterocycles. The third-order valence-corrected chi connectivity index (χ3v) is 1.24. The van der Waals surface area contributed by atoms with Gasteiger partial charge in [0.2, 0.25) is 5.91 Å². The molecule has 1 rings (SSSR count). The van der Waals surface area contributed by atoms with E-state index in [2.05, 4.69) is 11.9 Å². The van der Waals surface area contributed by atoms with Crippen molar-refractivity contribution in [1.29, 1.82) is 0 Å². The van der Waals surface area contributed by atoms with Gasteiger partial charge in [0.05, 0.1) is 0 Å². The van der Waals surface area contributed by atoms with Gasteiger partial charge in [-0.15, -0.1) is 0 Å². The second-order valence-corrected chi connectivity index (χ2v) is 1.98. The Morgan fingerprint density at radius 2 is 2.33 bits per heavy atom. The molecule has 1 N–H and O–H groups in total. The third kappa shape index (κ3) is 1.42. The molecule has 0 aromatic carbocycles. The van der Waals surface area contributed by atoms with Crippen molar-refractivity contribution in [1.82, 2.24) is 5.32 Å². The number of allylic oxidation sites excluding steroid dienone is 3. The van der Waals surface area contributed by atoms with Crippen LogP contribution in [-0.2, 0) is 4.79 Å². The Morgan fingerprint density at radius 1 is 1.56 bits per heavy atom. The average Bonchev–Trinajstić information content (AvgIpc) is 2.17. The van der Waals surface area contributed by atoms with Crippen LogP contribution in [0.5, 0.6) is 0 Å². The van der Waals surface area contributed by atoms with Crippen LogP contribution in [0.2, 0.25) is 0 Å². The number of amides is 1. The molecule has 2 heteroatoms. The standard InChI is InChI=1S/C7H9NO/c1-2-3-6-4-5-7(9)8-6/h2-3H,1,4-5H2,(H,8,9)/b6-3+. The summed E-state index contributed by atoms with van der Waals surface area (Å²) in [5.74, 6) is 0.114. The van der Waals surface area contributed by atoms with Gasteiger partial charge in [-0.2, -0.15) is 0 Å².